The minimum absolute atomic E-state index is 0.00964. The fourth-order valence-corrected chi connectivity index (χ4v) is 3.89. The molecule has 35 heavy (non-hydrogen) atoms. The molecule has 0 aliphatic carbocycles. The minimum atomic E-state index is -1.13. The van der Waals surface area contributed by atoms with Gasteiger partial charge in [-0.2, -0.15) is 5.26 Å². The van der Waals surface area contributed by atoms with Gasteiger partial charge in [0.2, 0.25) is 0 Å². The van der Waals surface area contributed by atoms with Gasteiger partial charge in [0, 0.05) is 5.69 Å². The number of carbonyl (C=O) groups is 2. The van der Waals surface area contributed by atoms with Crippen LogP contribution in [-0.2, 0) is 11.4 Å². The summed E-state index contributed by atoms with van der Waals surface area (Å²) < 4.78 is 11.9. The first-order valence-electron chi connectivity index (χ1n) is 9.92. The van der Waals surface area contributed by atoms with Crippen molar-refractivity contribution in [1.29, 1.82) is 5.26 Å². The number of halogens is 3. The van der Waals surface area contributed by atoms with E-state index in [1.54, 1.807) is 30.3 Å². The first-order chi connectivity index (χ1) is 16.7. The lowest BCUT2D eigenvalue weighted by Gasteiger charge is -2.14. The molecular weight excluding hydrogens is 559 g/mol. The Labute approximate surface area is 219 Å². The van der Waals surface area contributed by atoms with Crippen LogP contribution in [0.15, 0.2) is 64.6 Å². The normalized spacial score (nSPS) is 10.9. The van der Waals surface area contributed by atoms with Crippen molar-refractivity contribution in [2.24, 2.45) is 0 Å². The lowest BCUT2D eigenvalue weighted by atomic mass is 10.1. The van der Waals surface area contributed by atoms with Crippen molar-refractivity contribution in [3.63, 3.8) is 0 Å². The van der Waals surface area contributed by atoms with E-state index in [0.29, 0.717) is 31.6 Å². The Morgan fingerprint density at radius 2 is 1.91 bits per heavy atom. The zero-order valence-electron chi connectivity index (χ0n) is 18.1. The Hall–Kier alpha value is -3.51. The van der Waals surface area contributed by atoms with Crippen LogP contribution < -0.4 is 14.8 Å². The van der Waals surface area contributed by atoms with Gasteiger partial charge in [0.1, 0.15) is 18.2 Å². The van der Waals surface area contributed by atoms with Crippen molar-refractivity contribution >= 4 is 62.8 Å². The Balaban J connectivity index is 1.82. The van der Waals surface area contributed by atoms with E-state index in [4.69, 9.17) is 37.8 Å². The highest BCUT2D eigenvalue weighted by atomic mass is 79.9. The van der Waals surface area contributed by atoms with Gasteiger partial charge >= 0.3 is 5.97 Å². The van der Waals surface area contributed by atoms with E-state index in [1.165, 1.54) is 37.5 Å². The Morgan fingerprint density at radius 3 is 2.57 bits per heavy atom. The number of hydrogen-bond donors (Lipinski definition) is 2. The van der Waals surface area contributed by atoms with Crippen molar-refractivity contribution in [2.75, 3.05) is 12.4 Å². The topological polar surface area (TPSA) is 109 Å². The highest BCUT2D eigenvalue weighted by Gasteiger charge is 2.15. The van der Waals surface area contributed by atoms with Gasteiger partial charge in [0.15, 0.2) is 11.5 Å². The van der Waals surface area contributed by atoms with Gasteiger partial charge in [-0.25, -0.2) is 4.79 Å². The van der Waals surface area contributed by atoms with Crippen LogP contribution in [0.1, 0.15) is 21.5 Å². The molecule has 2 N–H and O–H groups in total. The smallest absolute Gasteiger partial charge is 0.335 e. The van der Waals surface area contributed by atoms with Crippen molar-refractivity contribution in [1.82, 2.24) is 0 Å². The average molecular weight is 576 g/mol. The summed E-state index contributed by atoms with van der Waals surface area (Å²) in [5.41, 5.74) is 1.37. The van der Waals surface area contributed by atoms with Crippen molar-refractivity contribution in [3.05, 3.63) is 91.4 Å². The average Bonchev–Trinajstić information content (AvgIpc) is 2.83. The van der Waals surface area contributed by atoms with Crippen LogP contribution in [0.3, 0.4) is 0 Å². The second-order valence-corrected chi connectivity index (χ2v) is 8.75. The highest BCUT2D eigenvalue weighted by molar-refractivity contribution is 9.10. The van der Waals surface area contributed by atoms with Crippen LogP contribution in [0.2, 0.25) is 10.0 Å². The molecule has 0 heterocycles. The molecule has 1 amide bonds. The Morgan fingerprint density at radius 1 is 1.14 bits per heavy atom. The predicted octanol–water partition coefficient (Wildman–Crippen LogP) is 6.59. The molecule has 10 heteroatoms. The maximum Gasteiger partial charge on any atom is 0.335 e. The van der Waals surface area contributed by atoms with Gasteiger partial charge in [0.05, 0.1) is 27.2 Å². The van der Waals surface area contributed by atoms with Crippen LogP contribution in [0.25, 0.3) is 6.08 Å². The van der Waals surface area contributed by atoms with Gasteiger partial charge in [-0.05, 0) is 75.6 Å². The molecule has 3 aromatic rings. The van der Waals surface area contributed by atoms with Crippen LogP contribution in [0.4, 0.5) is 5.69 Å². The summed E-state index contributed by atoms with van der Waals surface area (Å²) in [6.07, 6.45) is 1.38. The van der Waals surface area contributed by atoms with Gasteiger partial charge in [-0.15, -0.1) is 0 Å². The number of rotatable bonds is 8. The van der Waals surface area contributed by atoms with E-state index >= 15 is 0 Å². The third-order valence-corrected chi connectivity index (χ3v) is 5.99. The van der Waals surface area contributed by atoms with Gasteiger partial charge in [-0.1, -0.05) is 35.3 Å². The van der Waals surface area contributed by atoms with Gasteiger partial charge in [0.25, 0.3) is 5.91 Å². The molecule has 0 radical (unpaired) electrons. The van der Waals surface area contributed by atoms with Crippen molar-refractivity contribution < 1.29 is 24.2 Å². The number of carbonyl (C=O) groups excluding carboxylic acids is 1. The van der Waals surface area contributed by atoms with E-state index in [-0.39, 0.29) is 23.4 Å². The molecular formula is C25H17BrCl2N2O5. The zero-order valence-corrected chi connectivity index (χ0v) is 21.2. The number of hydrogen-bond acceptors (Lipinski definition) is 5. The van der Waals surface area contributed by atoms with E-state index in [1.807, 2.05) is 6.07 Å². The first-order valence-corrected chi connectivity index (χ1v) is 11.5. The summed E-state index contributed by atoms with van der Waals surface area (Å²) >= 11 is 15.4. The molecule has 3 rings (SSSR count). The first kappa shape index (κ1) is 26.1. The number of ether oxygens (including phenoxy) is 2. The number of nitriles is 1. The fourth-order valence-electron chi connectivity index (χ4n) is 2.99. The molecule has 0 unspecified atom stereocenters. The standard InChI is InChI=1S/C25H17BrCl2N2O5/c1-34-22-10-15(8-19(26)23(22)35-13-14-5-6-20(27)21(28)9-14)7-17(12-29)24(31)30-18-4-2-3-16(11-18)25(32)33/h2-11H,13H2,1H3,(H,30,31)(H,32,33)/b17-7-. The van der Waals surface area contributed by atoms with E-state index in [0.717, 1.165) is 5.56 Å². The lowest BCUT2D eigenvalue weighted by Crippen LogP contribution is -2.14. The third kappa shape index (κ3) is 6.76. The van der Waals surface area contributed by atoms with Crippen LogP contribution in [-0.4, -0.2) is 24.1 Å². The summed E-state index contributed by atoms with van der Waals surface area (Å²) in [6.45, 7) is 0.197. The molecule has 0 saturated carbocycles. The molecule has 0 bridgehead atoms. The molecule has 0 atom stereocenters. The summed E-state index contributed by atoms with van der Waals surface area (Å²) in [5, 5.41) is 22.0. The molecule has 0 aliphatic rings. The Kier molecular flexibility index (Phi) is 8.77. The molecule has 0 fully saturated rings. The quantitative estimate of drug-likeness (QED) is 0.232. The number of nitrogens with zero attached hydrogens (tertiary/aromatic N) is 1. The number of carboxylic acid groups (broad SMARTS) is 1. The SMILES string of the molecule is COc1cc(/C=C(/C#N)C(=O)Nc2cccc(C(=O)O)c2)cc(Br)c1OCc1ccc(Cl)c(Cl)c1. The van der Waals surface area contributed by atoms with Gasteiger partial charge in [-0.3, -0.25) is 4.79 Å². The summed E-state index contributed by atoms with van der Waals surface area (Å²) in [7, 11) is 1.47. The number of methoxy groups -OCH3 is 1. The number of aromatic carboxylic acids is 1. The zero-order chi connectivity index (χ0) is 25.5. The van der Waals surface area contributed by atoms with Crippen LogP contribution in [0, 0.1) is 11.3 Å². The maximum absolute atomic E-state index is 12.6. The molecule has 7 nitrogen and oxygen atoms in total. The van der Waals surface area contributed by atoms with Crippen LogP contribution >= 0.6 is 39.1 Å². The van der Waals surface area contributed by atoms with Crippen LogP contribution in [0.5, 0.6) is 11.5 Å². The summed E-state index contributed by atoms with van der Waals surface area (Å²) in [5.74, 6) is -1.03. The van der Waals surface area contributed by atoms with Crippen molar-refractivity contribution in [2.45, 2.75) is 6.61 Å². The van der Waals surface area contributed by atoms with E-state index in [9.17, 15) is 14.9 Å². The van der Waals surface area contributed by atoms with E-state index < -0.39 is 11.9 Å². The number of amides is 1. The molecule has 0 saturated heterocycles. The number of nitrogens with one attached hydrogen (secondary N) is 1. The molecule has 178 valence electrons. The Bertz CT molecular complexity index is 1370. The van der Waals surface area contributed by atoms with Gasteiger partial charge < -0.3 is 19.9 Å². The fraction of sp³-hybridized carbons (Fsp3) is 0.0800. The second-order valence-electron chi connectivity index (χ2n) is 7.08. The summed E-state index contributed by atoms with van der Waals surface area (Å²) in [6, 6.07) is 16.0. The minimum Gasteiger partial charge on any atom is -0.493 e. The maximum atomic E-state index is 12.6. The lowest BCUT2D eigenvalue weighted by molar-refractivity contribution is -0.112. The number of benzene rings is 3. The predicted molar refractivity (Wildman–Crippen MR) is 137 cm³/mol. The largest absolute Gasteiger partial charge is 0.493 e. The second kappa shape index (κ2) is 11.8. The molecule has 0 spiro atoms. The van der Waals surface area contributed by atoms with Crippen molar-refractivity contribution in [3.8, 4) is 17.6 Å². The molecule has 0 aliphatic heterocycles. The molecule has 0 aromatic heterocycles. The number of anilines is 1. The molecule has 3 aromatic carbocycles. The number of carboxylic acids is 1. The highest BCUT2D eigenvalue weighted by Crippen LogP contribution is 2.38. The van der Waals surface area contributed by atoms with E-state index in [2.05, 4.69) is 21.2 Å². The third-order valence-electron chi connectivity index (χ3n) is 4.66. The monoisotopic (exact) mass is 574 g/mol. The summed E-state index contributed by atoms with van der Waals surface area (Å²) in [4.78, 5) is 23.7.